The summed E-state index contributed by atoms with van der Waals surface area (Å²) in [5.74, 6) is -0.886. The summed E-state index contributed by atoms with van der Waals surface area (Å²) in [6.45, 7) is 8.18. The molecule has 1 N–H and O–H groups in total. The number of hydrogen-bond acceptors (Lipinski definition) is 6. The molecular weight excluding hydrogens is 583 g/mol. The van der Waals surface area contributed by atoms with E-state index in [1.54, 1.807) is 42.5 Å². The summed E-state index contributed by atoms with van der Waals surface area (Å²) in [5, 5.41) is 2.57. The highest BCUT2D eigenvalue weighted by molar-refractivity contribution is 14.1. The molecule has 0 unspecified atom stereocenters. The first-order valence-corrected chi connectivity index (χ1v) is 12.5. The van der Waals surface area contributed by atoms with Crippen molar-refractivity contribution in [1.29, 1.82) is 0 Å². The molecule has 1 aliphatic rings. The van der Waals surface area contributed by atoms with Crippen molar-refractivity contribution in [2.24, 2.45) is 5.41 Å². The van der Waals surface area contributed by atoms with Crippen molar-refractivity contribution in [2.75, 3.05) is 36.4 Å². The van der Waals surface area contributed by atoms with Gasteiger partial charge in [-0.05, 0) is 24.3 Å². The number of carbonyl (C=O) groups is 2. The van der Waals surface area contributed by atoms with Crippen molar-refractivity contribution in [3.05, 3.63) is 60.1 Å². The first kappa shape index (κ1) is 26.0. The summed E-state index contributed by atoms with van der Waals surface area (Å²) in [5.41, 5.74) is -0.101. The lowest BCUT2D eigenvalue weighted by molar-refractivity contribution is -0.139. The summed E-state index contributed by atoms with van der Waals surface area (Å²) in [6.07, 6.45) is 1.46. The number of amides is 2. The summed E-state index contributed by atoms with van der Waals surface area (Å²) in [7, 11) is 0. The zero-order valence-electron chi connectivity index (χ0n) is 20.1. The lowest BCUT2D eigenvalue weighted by Crippen LogP contribution is -2.51. The van der Waals surface area contributed by atoms with Gasteiger partial charge in [-0.3, -0.25) is 9.59 Å². The van der Waals surface area contributed by atoms with Crippen LogP contribution in [-0.4, -0.2) is 52.9 Å². The topological polar surface area (TPSA) is 91.6 Å². The molecule has 0 spiro atoms. The summed E-state index contributed by atoms with van der Waals surface area (Å²) in [6, 6.07) is 11.9. The van der Waals surface area contributed by atoms with E-state index in [4.69, 9.17) is 4.42 Å². The van der Waals surface area contributed by atoms with Crippen molar-refractivity contribution in [2.45, 2.75) is 24.7 Å². The molecule has 3 aromatic rings. The number of alkyl halides is 3. The van der Waals surface area contributed by atoms with Crippen LogP contribution < -0.4 is 10.2 Å². The number of anilines is 2. The molecule has 3 heterocycles. The van der Waals surface area contributed by atoms with Gasteiger partial charge in [0.1, 0.15) is 5.82 Å². The Kier molecular flexibility index (Phi) is 7.30. The summed E-state index contributed by atoms with van der Waals surface area (Å²) >= 11 is 0.914. The molecule has 2 aromatic heterocycles. The molecule has 0 atom stereocenters. The third-order valence-electron chi connectivity index (χ3n) is 5.66. The van der Waals surface area contributed by atoms with Gasteiger partial charge in [0.05, 0.1) is 11.9 Å². The van der Waals surface area contributed by atoms with Gasteiger partial charge in [-0.15, -0.1) is 0 Å². The van der Waals surface area contributed by atoms with Crippen LogP contribution in [0.1, 0.15) is 37.0 Å². The van der Waals surface area contributed by atoms with Gasteiger partial charge in [0.15, 0.2) is 5.69 Å². The second kappa shape index (κ2) is 10.1. The number of nitrogens with zero attached hydrogens (tertiary/aromatic N) is 4. The number of aromatic nitrogens is 2. The fourth-order valence-corrected chi connectivity index (χ4v) is 4.19. The molecule has 190 valence electrons. The average Bonchev–Trinajstić information content (AvgIpc) is 3.31. The zero-order valence-corrected chi connectivity index (χ0v) is 22.3. The Morgan fingerprint density at radius 3 is 2.25 bits per heavy atom. The van der Waals surface area contributed by atoms with Gasteiger partial charge in [0.25, 0.3) is 5.91 Å². The van der Waals surface area contributed by atoms with E-state index in [0.29, 0.717) is 43.2 Å². The maximum Gasteiger partial charge on any atom is 0.355 e. The van der Waals surface area contributed by atoms with E-state index >= 15 is 0 Å². The maximum absolute atomic E-state index is 14.2. The largest absolute Gasteiger partial charge is 0.433 e. The van der Waals surface area contributed by atoms with Gasteiger partial charge in [-0.1, -0.05) is 39.0 Å². The van der Waals surface area contributed by atoms with Crippen LogP contribution in [0.15, 0.2) is 53.1 Å². The number of oxazole rings is 1. The molecule has 4 rings (SSSR count). The highest BCUT2D eigenvalue weighted by Gasteiger charge is 2.39. The van der Waals surface area contributed by atoms with Gasteiger partial charge in [0, 0.05) is 59.7 Å². The van der Waals surface area contributed by atoms with E-state index in [1.165, 1.54) is 6.20 Å². The normalized spacial score (nSPS) is 14.6. The third kappa shape index (κ3) is 5.82. The Morgan fingerprint density at radius 2 is 1.69 bits per heavy atom. The highest BCUT2D eigenvalue weighted by atomic mass is 127. The number of hydrogen-bond donors (Lipinski definition) is 1. The fraction of sp³-hybridized carbons (Fsp3) is 0.360. The average molecular weight is 609 g/mol. The predicted octanol–water partition coefficient (Wildman–Crippen LogP) is 5.17. The summed E-state index contributed by atoms with van der Waals surface area (Å²) in [4.78, 5) is 37.7. The van der Waals surface area contributed by atoms with Crippen LogP contribution in [-0.2, 0) is 8.72 Å². The van der Waals surface area contributed by atoms with Gasteiger partial charge in [-0.25, -0.2) is 9.97 Å². The highest BCUT2D eigenvalue weighted by Crippen LogP contribution is 2.39. The standard InChI is InChI=1S/C25H26F2IN5O3/c1-24(2,3)23(35)33-13-11-32(12-14-33)18-10-9-17(15-29-18)30-21(34)19-20(25(26,27)28)36-22(31-19)16-7-5-4-6-8-16/h4-10,15H,11-14H2,1-3H3,(H,30,34). The molecule has 1 fully saturated rings. The minimum Gasteiger partial charge on any atom is -0.433 e. The van der Waals surface area contributed by atoms with E-state index in [9.17, 15) is 18.4 Å². The number of pyridine rings is 1. The van der Waals surface area contributed by atoms with E-state index in [1.807, 2.05) is 25.7 Å². The Hall–Kier alpha value is -3.09. The smallest absolute Gasteiger partial charge is 0.355 e. The summed E-state index contributed by atoms with van der Waals surface area (Å²) < 4.78 is 30.2. The van der Waals surface area contributed by atoms with Crippen molar-refractivity contribution >= 4 is 45.9 Å². The number of halogens is 3. The van der Waals surface area contributed by atoms with E-state index < -0.39 is 26.7 Å². The Balaban J connectivity index is 1.45. The number of rotatable bonds is 5. The Labute approximate surface area is 221 Å². The maximum atomic E-state index is 14.2. The van der Waals surface area contributed by atoms with Gasteiger partial charge in [-0.2, -0.15) is 8.78 Å². The van der Waals surface area contributed by atoms with Crippen molar-refractivity contribution in [3.63, 3.8) is 0 Å². The zero-order chi connectivity index (χ0) is 26.1. The minimum atomic E-state index is -3.43. The second-order valence-corrected chi connectivity index (χ2v) is 10.8. The lowest BCUT2D eigenvalue weighted by atomic mass is 9.94. The van der Waals surface area contributed by atoms with Gasteiger partial charge >= 0.3 is 3.93 Å². The predicted molar refractivity (Wildman–Crippen MR) is 140 cm³/mol. The molecule has 1 saturated heterocycles. The van der Waals surface area contributed by atoms with E-state index in [0.717, 1.165) is 22.6 Å². The number of piperazine rings is 1. The first-order valence-electron chi connectivity index (χ1n) is 11.4. The first-order chi connectivity index (χ1) is 16.9. The molecule has 0 aliphatic carbocycles. The fourth-order valence-electron chi connectivity index (χ4n) is 3.82. The second-order valence-electron chi connectivity index (χ2n) is 9.45. The number of carbonyl (C=O) groups excluding carboxylic acids is 2. The van der Waals surface area contributed by atoms with Gasteiger partial charge < -0.3 is 19.5 Å². The molecule has 0 radical (unpaired) electrons. The minimum absolute atomic E-state index is 0.0651. The van der Waals surface area contributed by atoms with Gasteiger partial charge in [0.2, 0.25) is 17.6 Å². The van der Waals surface area contributed by atoms with Crippen molar-refractivity contribution in [3.8, 4) is 11.5 Å². The molecule has 2 amide bonds. The van der Waals surface area contributed by atoms with Crippen LogP contribution in [0.5, 0.6) is 0 Å². The molecular formula is C25H26F2IN5O3. The Bertz CT molecular complexity index is 1230. The molecule has 0 saturated carbocycles. The van der Waals surface area contributed by atoms with Crippen LogP contribution in [0, 0.1) is 5.41 Å². The van der Waals surface area contributed by atoms with Crippen molar-refractivity contribution in [1.82, 2.24) is 14.9 Å². The van der Waals surface area contributed by atoms with Crippen LogP contribution in [0.4, 0.5) is 20.3 Å². The molecule has 8 nitrogen and oxygen atoms in total. The molecule has 1 aliphatic heterocycles. The monoisotopic (exact) mass is 609 g/mol. The lowest BCUT2D eigenvalue weighted by Gasteiger charge is -2.38. The van der Waals surface area contributed by atoms with Crippen LogP contribution in [0.2, 0.25) is 0 Å². The molecule has 0 bridgehead atoms. The molecule has 1 aromatic carbocycles. The SMILES string of the molecule is CC(C)(C)C(=O)N1CCN(c2ccc(NC(=O)c3nc(-c4ccccc4)oc3C(F)(F)I)cn2)CC1. The third-order valence-corrected chi connectivity index (χ3v) is 6.15. The van der Waals surface area contributed by atoms with E-state index in [2.05, 4.69) is 20.2 Å². The Morgan fingerprint density at radius 1 is 1.03 bits per heavy atom. The van der Waals surface area contributed by atoms with Crippen LogP contribution in [0.25, 0.3) is 11.5 Å². The van der Waals surface area contributed by atoms with Crippen molar-refractivity contribution < 1.29 is 22.8 Å². The van der Waals surface area contributed by atoms with Crippen LogP contribution >= 0.6 is 22.6 Å². The van der Waals surface area contributed by atoms with Crippen LogP contribution in [0.3, 0.4) is 0 Å². The molecule has 11 heteroatoms. The number of nitrogens with one attached hydrogen (secondary N) is 1. The number of benzene rings is 1. The van der Waals surface area contributed by atoms with E-state index in [-0.39, 0.29) is 11.8 Å². The molecule has 36 heavy (non-hydrogen) atoms. The quantitative estimate of drug-likeness (QED) is 0.317.